The van der Waals surface area contributed by atoms with Gasteiger partial charge in [-0.05, 0) is 12.8 Å². The molecule has 1 fully saturated rings. The summed E-state index contributed by atoms with van der Waals surface area (Å²) in [7, 11) is 0. The van der Waals surface area contributed by atoms with Gasteiger partial charge in [-0.1, -0.05) is 0 Å². The van der Waals surface area contributed by atoms with Gasteiger partial charge in [0.05, 0.1) is 11.2 Å². The molecule has 1 heterocycles. The number of thiazole rings is 1. The van der Waals surface area contributed by atoms with Crippen LogP contribution in [0.15, 0.2) is 10.9 Å². The zero-order chi connectivity index (χ0) is 10.8. The second-order valence-corrected chi connectivity index (χ2v) is 4.16. The van der Waals surface area contributed by atoms with Crippen LogP contribution < -0.4 is 0 Å². The first kappa shape index (κ1) is 10.1. The lowest BCUT2D eigenvalue weighted by Gasteiger charge is -2.23. The van der Waals surface area contributed by atoms with Gasteiger partial charge in [-0.25, -0.2) is 9.78 Å². The number of amides is 1. The average molecular weight is 226 g/mol. The minimum Gasteiger partial charge on any atom is -0.479 e. The average Bonchev–Trinajstić information content (AvgIpc) is 2.90. The molecule has 1 aliphatic rings. The molecule has 0 saturated heterocycles. The predicted octanol–water partition coefficient (Wildman–Crippen LogP) is 0.890. The molecule has 1 unspecified atom stereocenters. The van der Waals surface area contributed by atoms with Crippen molar-refractivity contribution in [1.82, 2.24) is 9.88 Å². The van der Waals surface area contributed by atoms with Crippen LogP contribution in [0.2, 0.25) is 0 Å². The second kappa shape index (κ2) is 3.98. The van der Waals surface area contributed by atoms with E-state index in [2.05, 4.69) is 4.98 Å². The van der Waals surface area contributed by atoms with Gasteiger partial charge in [0.1, 0.15) is 0 Å². The lowest BCUT2D eigenvalue weighted by atomic mass is 10.2. The Labute approximate surface area is 90.4 Å². The first-order valence-electron chi connectivity index (χ1n) is 4.57. The topological polar surface area (TPSA) is 70.5 Å². The van der Waals surface area contributed by atoms with Crippen LogP contribution in [0.3, 0.4) is 0 Å². The fourth-order valence-corrected chi connectivity index (χ4v) is 2.07. The Kier molecular flexibility index (Phi) is 2.68. The number of hydrogen-bond acceptors (Lipinski definition) is 4. The van der Waals surface area contributed by atoms with E-state index in [1.165, 1.54) is 16.2 Å². The number of rotatable bonds is 5. The summed E-state index contributed by atoms with van der Waals surface area (Å²) in [6.45, 7) is 0. The third-order valence-corrected chi connectivity index (χ3v) is 2.96. The highest BCUT2D eigenvalue weighted by atomic mass is 32.1. The number of aromatic nitrogens is 1. The maximum absolute atomic E-state index is 11.1. The molecule has 0 bridgehead atoms. The van der Waals surface area contributed by atoms with Crippen molar-refractivity contribution < 1.29 is 14.7 Å². The predicted molar refractivity (Wildman–Crippen MR) is 53.4 cm³/mol. The molecular weight excluding hydrogens is 216 g/mol. The van der Waals surface area contributed by atoms with Gasteiger partial charge in [0, 0.05) is 11.4 Å². The van der Waals surface area contributed by atoms with Crippen molar-refractivity contribution >= 4 is 23.7 Å². The molecule has 1 aromatic heterocycles. The maximum Gasteiger partial charge on any atom is 0.332 e. The number of carbonyl (C=O) groups is 2. The highest BCUT2D eigenvalue weighted by molar-refractivity contribution is 7.07. The molecule has 1 amide bonds. The van der Waals surface area contributed by atoms with Crippen molar-refractivity contribution in [1.29, 1.82) is 0 Å². The van der Waals surface area contributed by atoms with Gasteiger partial charge in [-0.15, -0.1) is 11.3 Å². The van der Waals surface area contributed by atoms with Gasteiger partial charge in [0.2, 0.25) is 6.41 Å². The van der Waals surface area contributed by atoms with E-state index in [9.17, 15) is 9.59 Å². The van der Waals surface area contributed by atoms with E-state index in [-0.39, 0.29) is 6.04 Å². The van der Waals surface area contributed by atoms with Crippen molar-refractivity contribution in [3.8, 4) is 0 Å². The molecule has 2 rings (SSSR count). The van der Waals surface area contributed by atoms with Crippen LogP contribution in [0, 0.1) is 0 Å². The monoisotopic (exact) mass is 226 g/mol. The second-order valence-electron chi connectivity index (χ2n) is 3.44. The zero-order valence-corrected chi connectivity index (χ0v) is 8.68. The summed E-state index contributed by atoms with van der Waals surface area (Å²) in [6.07, 6.45) is 2.37. The summed E-state index contributed by atoms with van der Waals surface area (Å²) < 4.78 is 0. The van der Waals surface area contributed by atoms with Gasteiger partial charge in [-0.3, -0.25) is 4.79 Å². The molecule has 5 nitrogen and oxygen atoms in total. The smallest absolute Gasteiger partial charge is 0.332 e. The standard InChI is InChI=1S/C9H10N2O3S/c12-5-11(6-1-2-6)8(9(13)14)7-3-15-4-10-7/h3-6,8H,1-2H2,(H,13,14). The van der Waals surface area contributed by atoms with Crippen LogP contribution >= 0.6 is 11.3 Å². The van der Waals surface area contributed by atoms with Crippen LogP contribution in [0.25, 0.3) is 0 Å². The fraction of sp³-hybridized carbons (Fsp3) is 0.444. The lowest BCUT2D eigenvalue weighted by molar-refractivity contribution is -0.147. The molecule has 1 N–H and O–H groups in total. The number of carboxylic acids is 1. The highest BCUT2D eigenvalue weighted by Gasteiger charge is 2.38. The number of carboxylic acid groups (broad SMARTS) is 1. The normalized spacial score (nSPS) is 17.1. The molecule has 1 aromatic rings. The molecule has 15 heavy (non-hydrogen) atoms. The van der Waals surface area contributed by atoms with Crippen molar-refractivity contribution in [2.45, 2.75) is 24.9 Å². The number of hydrogen-bond donors (Lipinski definition) is 1. The summed E-state index contributed by atoms with van der Waals surface area (Å²) in [6, 6.07) is -0.855. The first-order valence-corrected chi connectivity index (χ1v) is 5.52. The number of carbonyl (C=O) groups excluding carboxylic acids is 1. The molecule has 0 aliphatic heterocycles. The van der Waals surface area contributed by atoms with E-state index in [0.29, 0.717) is 12.1 Å². The summed E-state index contributed by atoms with van der Waals surface area (Å²) >= 11 is 1.33. The molecule has 0 radical (unpaired) electrons. The van der Waals surface area contributed by atoms with Gasteiger partial charge in [0.25, 0.3) is 0 Å². The van der Waals surface area contributed by atoms with Crippen LogP contribution in [0.1, 0.15) is 24.6 Å². The van der Waals surface area contributed by atoms with Gasteiger partial charge >= 0.3 is 5.97 Å². The molecule has 1 saturated carbocycles. The minimum absolute atomic E-state index is 0.0744. The van der Waals surface area contributed by atoms with Crippen LogP contribution in [0.5, 0.6) is 0 Å². The quantitative estimate of drug-likeness (QED) is 0.757. The molecule has 1 aliphatic carbocycles. The van der Waals surface area contributed by atoms with Gasteiger partial charge in [-0.2, -0.15) is 0 Å². The van der Waals surface area contributed by atoms with Crippen LogP contribution in [0.4, 0.5) is 0 Å². The van der Waals surface area contributed by atoms with Crippen molar-refractivity contribution in [2.75, 3.05) is 0 Å². The van der Waals surface area contributed by atoms with E-state index in [1.54, 1.807) is 10.9 Å². The Morgan fingerprint density at radius 1 is 1.73 bits per heavy atom. The van der Waals surface area contributed by atoms with E-state index in [0.717, 1.165) is 12.8 Å². The van der Waals surface area contributed by atoms with E-state index in [4.69, 9.17) is 5.11 Å². The Bertz CT molecular complexity index is 361. The molecule has 1 atom stereocenters. The highest BCUT2D eigenvalue weighted by Crippen LogP contribution is 2.33. The summed E-state index contributed by atoms with van der Waals surface area (Å²) in [5.74, 6) is -1.03. The van der Waals surface area contributed by atoms with Crippen LogP contribution in [-0.2, 0) is 9.59 Å². The molecule has 0 aromatic carbocycles. The molecule has 6 heteroatoms. The SMILES string of the molecule is O=CN(C1CC1)C(C(=O)O)c1cscn1. The van der Waals surface area contributed by atoms with E-state index >= 15 is 0 Å². The summed E-state index contributed by atoms with van der Waals surface area (Å²) in [5.41, 5.74) is 2.01. The summed E-state index contributed by atoms with van der Waals surface area (Å²) in [5, 5.41) is 10.8. The lowest BCUT2D eigenvalue weighted by Crippen LogP contribution is -2.35. The van der Waals surface area contributed by atoms with Crippen molar-refractivity contribution in [3.05, 3.63) is 16.6 Å². The third kappa shape index (κ3) is 1.99. The Balaban J connectivity index is 2.25. The van der Waals surface area contributed by atoms with Gasteiger partial charge in [0.15, 0.2) is 6.04 Å². The Morgan fingerprint density at radius 3 is 2.87 bits per heavy atom. The summed E-state index contributed by atoms with van der Waals surface area (Å²) in [4.78, 5) is 27.3. The Hall–Kier alpha value is -1.43. The maximum atomic E-state index is 11.1. The van der Waals surface area contributed by atoms with Gasteiger partial charge < -0.3 is 10.0 Å². The molecule has 80 valence electrons. The van der Waals surface area contributed by atoms with E-state index in [1.807, 2.05) is 0 Å². The largest absolute Gasteiger partial charge is 0.479 e. The van der Waals surface area contributed by atoms with Crippen molar-refractivity contribution in [2.24, 2.45) is 0 Å². The molecular formula is C9H10N2O3S. The third-order valence-electron chi connectivity index (χ3n) is 2.35. The Morgan fingerprint density at radius 2 is 2.47 bits per heavy atom. The molecule has 0 spiro atoms. The zero-order valence-electron chi connectivity index (χ0n) is 7.87. The minimum atomic E-state index is -1.03. The number of nitrogens with zero attached hydrogens (tertiary/aromatic N) is 2. The first-order chi connectivity index (χ1) is 7.24. The fourth-order valence-electron chi connectivity index (χ4n) is 1.49. The number of aliphatic carboxylic acids is 1. The van der Waals surface area contributed by atoms with Crippen molar-refractivity contribution in [3.63, 3.8) is 0 Å². The van der Waals surface area contributed by atoms with E-state index < -0.39 is 12.0 Å². The van der Waals surface area contributed by atoms with Crippen LogP contribution in [-0.4, -0.2) is 33.4 Å².